The van der Waals surface area contributed by atoms with Crippen LogP contribution in [0.15, 0.2) is 9.52 Å². The number of alkyl halides is 1. The third-order valence-corrected chi connectivity index (χ3v) is 1.70. The molecule has 0 radical (unpaired) electrons. The van der Waals surface area contributed by atoms with Gasteiger partial charge in [0.1, 0.15) is 4.49 Å². The van der Waals surface area contributed by atoms with Gasteiger partial charge in [-0.1, -0.05) is 34.8 Å². The van der Waals surface area contributed by atoms with E-state index in [1.807, 2.05) is 0 Å². The first kappa shape index (κ1) is 7.90. The highest BCUT2D eigenvalue weighted by Crippen LogP contribution is 2.17. The maximum absolute atomic E-state index is 5.28. The zero-order chi connectivity index (χ0) is 5.86. The number of allylic oxidation sites excluding steroid dienone is 1. The van der Waals surface area contributed by atoms with Crippen LogP contribution in [0.25, 0.3) is 0 Å². The number of halogens is 4. The Morgan fingerprint density at radius 3 is 1.57 bits per heavy atom. The minimum atomic E-state index is 0.0386. The Labute approximate surface area is 62.0 Å². The second-order valence-electron chi connectivity index (χ2n) is 0.799. The van der Waals surface area contributed by atoms with Gasteiger partial charge in [0, 0.05) is 0 Å². The van der Waals surface area contributed by atoms with Crippen LogP contribution in [0.2, 0.25) is 0 Å². The molecule has 0 bridgehead atoms. The molecule has 0 aromatic heterocycles. The Hall–Kier alpha value is 0.900. The summed E-state index contributed by atoms with van der Waals surface area (Å²) in [6, 6.07) is 0. The molecule has 42 valence electrons. The topological polar surface area (TPSA) is 0 Å². The van der Waals surface area contributed by atoms with Gasteiger partial charge in [-0.05, 0) is 0 Å². The Morgan fingerprint density at radius 1 is 1.14 bits per heavy atom. The molecule has 0 heterocycles. The third kappa shape index (κ3) is 3.48. The summed E-state index contributed by atoms with van der Waals surface area (Å²) in [6.07, 6.45) is 0. The van der Waals surface area contributed by atoms with E-state index >= 15 is 0 Å². The van der Waals surface area contributed by atoms with Crippen LogP contribution in [-0.2, 0) is 0 Å². The van der Waals surface area contributed by atoms with Crippen molar-refractivity contribution in [3.05, 3.63) is 9.52 Å². The molecule has 0 aliphatic carbocycles. The average Bonchev–Trinajstić information content (AvgIpc) is 1.65. The lowest BCUT2D eigenvalue weighted by Gasteiger charge is -1.85. The van der Waals surface area contributed by atoms with Crippen molar-refractivity contribution >= 4 is 46.4 Å². The standard InChI is InChI=1S/C3H2Cl4/c4-1-2(5)3(6)7/h1H2. The smallest absolute Gasteiger partial charge is 0.120 e. The highest BCUT2D eigenvalue weighted by atomic mass is 35.5. The molecule has 0 saturated carbocycles. The molecular formula is C3H2Cl4. The van der Waals surface area contributed by atoms with E-state index in [0.29, 0.717) is 0 Å². The van der Waals surface area contributed by atoms with E-state index in [1.54, 1.807) is 0 Å². The molecule has 0 N–H and O–H groups in total. The molecular weight excluding hydrogens is 178 g/mol. The van der Waals surface area contributed by atoms with E-state index in [4.69, 9.17) is 46.4 Å². The van der Waals surface area contributed by atoms with Crippen molar-refractivity contribution in [2.75, 3.05) is 5.88 Å². The zero-order valence-corrected chi connectivity index (χ0v) is 6.24. The number of rotatable bonds is 1. The highest BCUT2D eigenvalue weighted by molar-refractivity contribution is 6.60. The summed E-state index contributed by atoms with van der Waals surface area (Å²) in [5.41, 5.74) is 0. The van der Waals surface area contributed by atoms with Crippen LogP contribution in [0.5, 0.6) is 0 Å². The molecule has 0 amide bonds. The lowest BCUT2D eigenvalue weighted by Crippen LogP contribution is -1.69. The molecule has 0 nitrogen and oxygen atoms in total. The van der Waals surface area contributed by atoms with Crippen LogP contribution in [0, 0.1) is 0 Å². The van der Waals surface area contributed by atoms with Crippen molar-refractivity contribution in [3.8, 4) is 0 Å². The van der Waals surface area contributed by atoms with Gasteiger partial charge < -0.3 is 0 Å². The molecule has 0 fully saturated rings. The number of hydrogen-bond acceptors (Lipinski definition) is 0. The minimum Gasteiger partial charge on any atom is -0.120 e. The molecule has 0 aliphatic heterocycles. The molecule has 0 saturated heterocycles. The van der Waals surface area contributed by atoms with Crippen LogP contribution in [0.4, 0.5) is 0 Å². The maximum atomic E-state index is 5.28. The van der Waals surface area contributed by atoms with Crippen molar-refractivity contribution in [2.24, 2.45) is 0 Å². The van der Waals surface area contributed by atoms with Gasteiger partial charge in [0.05, 0.1) is 10.9 Å². The first-order chi connectivity index (χ1) is 3.18. The van der Waals surface area contributed by atoms with Crippen LogP contribution < -0.4 is 0 Å². The summed E-state index contributed by atoms with van der Waals surface area (Å²) < 4.78 is 0.0386. The predicted octanol–water partition coefficient (Wildman–Crippen LogP) is 3.11. The molecule has 0 unspecified atom stereocenters. The van der Waals surface area contributed by atoms with Gasteiger partial charge in [0.15, 0.2) is 0 Å². The number of hydrogen-bond donors (Lipinski definition) is 0. The van der Waals surface area contributed by atoms with E-state index in [0.717, 1.165) is 0 Å². The van der Waals surface area contributed by atoms with Gasteiger partial charge in [0.2, 0.25) is 0 Å². The van der Waals surface area contributed by atoms with Gasteiger partial charge in [-0.15, -0.1) is 11.6 Å². The van der Waals surface area contributed by atoms with Crippen molar-refractivity contribution in [3.63, 3.8) is 0 Å². The van der Waals surface area contributed by atoms with Crippen molar-refractivity contribution in [1.82, 2.24) is 0 Å². The lowest BCUT2D eigenvalue weighted by atomic mass is 10.7. The fourth-order valence-corrected chi connectivity index (χ4v) is 0.455. The largest absolute Gasteiger partial charge is 0.122 e. The van der Waals surface area contributed by atoms with Crippen LogP contribution in [0.3, 0.4) is 0 Å². The van der Waals surface area contributed by atoms with E-state index in [9.17, 15) is 0 Å². The molecule has 0 spiro atoms. The Balaban J connectivity index is 3.72. The Kier molecular flexibility index (Phi) is 4.34. The summed E-state index contributed by atoms with van der Waals surface area (Å²) in [7, 11) is 0. The van der Waals surface area contributed by atoms with Gasteiger partial charge in [-0.25, -0.2) is 0 Å². The molecule has 7 heavy (non-hydrogen) atoms. The van der Waals surface area contributed by atoms with E-state index < -0.39 is 0 Å². The van der Waals surface area contributed by atoms with Crippen LogP contribution >= 0.6 is 46.4 Å². The monoisotopic (exact) mass is 178 g/mol. The van der Waals surface area contributed by atoms with Crippen LogP contribution in [0.1, 0.15) is 0 Å². The summed E-state index contributed by atoms with van der Waals surface area (Å²) in [5.74, 6) is 0.171. The summed E-state index contributed by atoms with van der Waals surface area (Å²) in [5, 5.41) is 0.282. The van der Waals surface area contributed by atoms with Crippen molar-refractivity contribution in [2.45, 2.75) is 0 Å². The molecule has 0 rings (SSSR count). The van der Waals surface area contributed by atoms with Crippen LogP contribution in [-0.4, -0.2) is 5.88 Å². The molecule has 4 heteroatoms. The van der Waals surface area contributed by atoms with Gasteiger partial charge in [0.25, 0.3) is 0 Å². The van der Waals surface area contributed by atoms with E-state index in [2.05, 4.69) is 0 Å². The van der Waals surface area contributed by atoms with Gasteiger partial charge in [-0.2, -0.15) is 0 Å². The fraction of sp³-hybridized carbons (Fsp3) is 0.333. The Bertz CT molecular complexity index is 80.9. The Morgan fingerprint density at radius 2 is 1.57 bits per heavy atom. The van der Waals surface area contributed by atoms with E-state index in [-0.39, 0.29) is 15.4 Å². The van der Waals surface area contributed by atoms with Gasteiger partial charge >= 0.3 is 0 Å². The zero-order valence-electron chi connectivity index (χ0n) is 3.22. The minimum absolute atomic E-state index is 0.0386. The van der Waals surface area contributed by atoms with Gasteiger partial charge in [-0.3, -0.25) is 0 Å². The molecule has 0 atom stereocenters. The molecule has 0 aromatic rings. The second kappa shape index (κ2) is 3.85. The van der Waals surface area contributed by atoms with Crippen molar-refractivity contribution < 1.29 is 0 Å². The SMILES string of the molecule is ClCC(Cl)=C(Cl)Cl. The quantitative estimate of drug-likeness (QED) is 0.543. The third-order valence-electron chi connectivity index (χ3n) is 0.322. The van der Waals surface area contributed by atoms with E-state index in [1.165, 1.54) is 0 Å². The second-order valence-corrected chi connectivity index (χ2v) is 2.47. The fourth-order valence-electron chi connectivity index (χ4n) is 0.0505. The summed E-state index contributed by atoms with van der Waals surface area (Å²) >= 11 is 20.8. The molecule has 0 aromatic carbocycles. The first-order valence-corrected chi connectivity index (χ1v) is 3.11. The first-order valence-electron chi connectivity index (χ1n) is 1.44. The highest BCUT2D eigenvalue weighted by Gasteiger charge is 1.92. The summed E-state index contributed by atoms with van der Waals surface area (Å²) in [6.45, 7) is 0. The summed E-state index contributed by atoms with van der Waals surface area (Å²) in [4.78, 5) is 0. The van der Waals surface area contributed by atoms with Crippen molar-refractivity contribution in [1.29, 1.82) is 0 Å². The maximum Gasteiger partial charge on any atom is 0.122 e. The predicted molar refractivity (Wildman–Crippen MR) is 35.3 cm³/mol. The normalized spacial score (nSPS) is 8.57. The average molecular weight is 180 g/mol. The lowest BCUT2D eigenvalue weighted by molar-refractivity contribution is 1.69. The molecule has 0 aliphatic rings.